The Bertz CT molecular complexity index is 1080. The Labute approximate surface area is 180 Å². The molecule has 1 aliphatic carbocycles. The molecule has 0 aliphatic heterocycles. The summed E-state index contributed by atoms with van der Waals surface area (Å²) in [4.78, 5) is 17.2. The van der Waals surface area contributed by atoms with Crippen LogP contribution in [-0.4, -0.2) is 30.8 Å². The molecular formula is C21H26N6O2S. The lowest BCUT2D eigenvalue weighted by atomic mass is 10.0. The molecular weight excluding hydrogens is 400 g/mol. The van der Waals surface area contributed by atoms with E-state index in [9.17, 15) is 4.79 Å². The lowest BCUT2D eigenvalue weighted by Gasteiger charge is -2.18. The number of nitrogens with one attached hydrogen (secondary N) is 2. The van der Waals surface area contributed by atoms with E-state index >= 15 is 0 Å². The predicted octanol–water partition coefficient (Wildman–Crippen LogP) is 4.08. The fraction of sp³-hybridized carbons (Fsp3) is 0.476. The van der Waals surface area contributed by atoms with Gasteiger partial charge in [0.1, 0.15) is 6.04 Å². The van der Waals surface area contributed by atoms with Gasteiger partial charge in [0.05, 0.1) is 0 Å². The first-order valence-corrected chi connectivity index (χ1v) is 10.7. The van der Waals surface area contributed by atoms with Crippen LogP contribution in [0.2, 0.25) is 0 Å². The van der Waals surface area contributed by atoms with Crippen molar-refractivity contribution in [1.82, 2.24) is 30.2 Å². The van der Waals surface area contributed by atoms with Gasteiger partial charge in [-0.1, -0.05) is 48.8 Å². The van der Waals surface area contributed by atoms with Crippen LogP contribution in [0.15, 0.2) is 28.8 Å². The van der Waals surface area contributed by atoms with Gasteiger partial charge in [0.15, 0.2) is 16.4 Å². The molecule has 1 unspecified atom stereocenters. The second-order valence-electron chi connectivity index (χ2n) is 8.17. The number of carbonyl (C=O) groups is 1. The van der Waals surface area contributed by atoms with E-state index in [1.807, 2.05) is 49.6 Å². The minimum absolute atomic E-state index is 0.0992. The van der Waals surface area contributed by atoms with Gasteiger partial charge in [0.25, 0.3) is 0 Å². The summed E-state index contributed by atoms with van der Waals surface area (Å²) >= 11 is 5.37. The zero-order valence-electron chi connectivity index (χ0n) is 17.4. The summed E-state index contributed by atoms with van der Waals surface area (Å²) in [6.07, 6.45) is 2.47. The lowest BCUT2D eigenvalue weighted by Crippen LogP contribution is -2.32. The minimum Gasteiger partial charge on any atom is -0.344 e. The third kappa shape index (κ3) is 4.51. The normalized spacial score (nSPS) is 14.8. The summed E-state index contributed by atoms with van der Waals surface area (Å²) in [5.74, 6) is 2.38. The first-order chi connectivity index (χ1) is 14.4. The van der Waals surface area contributed by atoms with Gasteiger partial charge in [-0.2, -0.15) is 10.1 Å². The van der Waals surface area contributed by atoms with Gasteiger partial charge in [0.2, 0.25) is 11.8 Å². The van der Waals surface area contributed by atoms with E-state index in [-0.39, 0.29) is 24.3 Å². The summed E-state index contributed by atoms with van der Waals surface area (Å²) in [6, 6.07) is 7.73. The molecule has 1 aromatic carbocycles. The number of amides is 1. The summed E-state index contributed by atoms with van der Waals surface area (Å²) in [5, 5.41) is 14.3. The summed E-state index contributed by atoms with van der Waals surface area (Å²) < 4.78 is 7.77. The smallest absolute Gasteiger partial charge is 0.249 e. The maximum absolute atomic E-state index is 12.7. The third-order valence-corrected chi connectivity index (χ3v) is 5.59. The molecule has 1 amide bonds. The zero-order chi connectivity index (χ0) is 21.3. The Morgan fingerprint density at radius 2 is 2.07 bits per heavy atom. The Kier molecular flexibility index (Phi) is 5.80. The Hall–Kier alpha value is -2.81. The molecule has 9 heteroatoms. The van der Waals surface area contributed by atoms with E-state index in [1.165, 1.54) is 5.56 Å². The maximum Gasteiger partial charge on any atom is 0.249 e. The van der Waals surface area contributed by atoms with Crippen molar-refractivity contribution in [2.75, 3.05) is 0 Å². The molecule has 0 radical (unpaired) electrons. The number of benzene rings is 1. The minimum atomic E-state index is -0.314. The van der Waals surface area contributed by atoms with E-state index in [2.05, 4.69) is 25.7 Å². The number of H-pyrrole nitrogens is 1. The average Bonchev–Trinajstić information content (AvgIpc) is 3.34. The van der Waals surface area contributed by atoms with Crippen LogP contribution in [0.4, 0.5) is 0 Å². The highest BCUT2D eigenvalue weighted by molar-refractivity contribution is 7.71. The van der Waals surface area contributed by atoms with E-state index in [1.54, 1.807) is 0 Å². The molecule has 2 heterocycles. The van der Waals surface area contributed by atoms with Crippen LogP contribution in [0.25, 0.3) is 11.4 Å². The van der Waals surface area contributed by atoms with E-state index in [0.29, 0.717) is 23.1 Å². The largest absolute Gasteiger partial charge is 0.344 e. The van der Waals surface area contributed by atoms with Crippen molar-refractivity contribution in [3.05, 3.63) is 46.3 Å². The fourth-order valence-corrected chi connectivity index (χ4v) is 3.52. The van der Waals surface area contributed by atoms with Crippen LogP contribution in [0.1, 0.15) is 62.3 Å². The van der Waals surface area contributed by atoms with Crippen molar-refractivity contribution >= 4 is 18.1 Å². The SMILES string of the molecule is Cc1ccc(-c2n[nH]c(=S)n2CCC(=O)NC(c2nc(C3CC3)no2)C(C)C)cc1. The highest BCUT2D eigenvalue weighted by atomic mass is 32.1. The maximum atomic E-state index is 12.7. The van der Waals surface area contributed by atoms with Crippen LogP contribution in [0.3, 0.4) is 0 Å². The van der Waals surface area contributed by atoms with Gasteiger partial charge in [-0.15, -0.1) is 0 Å². The van der Waals surface area contributed by atoms with Crippen molar-refractivity contribution in [3.8, 4) is 11.4 Å². The molecule has 30 heavy (non-hydrogen) atoms. The van der Waals surface area contributed by atoms with Gasteiger partial charge in [-0.3, -0.25) is 14.5 Å². The first-order valence-electron chi connectivity index (χ1n) is 10.3. The number of aromatic amines is 1. The van der Waals surface area contributed by atoms with Crippen LogP contribution < -0.4 is 5.32 Å². The second-order valence-corrected chi connectivity index (χ2v) is 8.56. The van der Waals surface area contributed by atoms with Gasteiger partial charge in [0, 0.05) is 24.4 Å². The number of aryl methyl sites for hydroxylation is 1. The lowest BCUT2D eigenvalue weighted by molar-refractivity contribution is -0.122. The average molecular weight is 427 g/mol. The molecule has 1 atom stereocenters. The number of nitrogens with zero attached hydrogens (tertiary/aromatic N) is 4. The topological polar surface area (TPSA) is 102 Å². The van der Waals surface area contributed by atoms with E-state index in [0.717, 1.165) is 30.1 Å². The van der Waals surface area contributed by atoms with Gasteiger partial charge in [-0.25, -0.2) is 0 Å². The van der Waals surface area contributed by atoms with Crippen molar-refractivity contribution in [2.45, 2.75) is 58.5 Å². The molecule has 3 aromatic rings. The number of aromatic nitrogens is 5. The monoisotopic (exact) mass is 426 g/mol. The van der Waals surface area contributed by atoms with Crippen LogP contribution >= 0.6 is 12.2 Å². The Balaban J connectivity index is 1.43. The number of hydrogen-bond donors (Lipinski definition) is 2. The molecule has 8 nitrogen and oxygen atoms in total. The van der Waals surface area contributed by atoms with Crippen LogP contribution in [0.5, 0.6) is 0 Å². The molecule has 1 fully saturated rings. The zero-order valence-corrected chi connectivity index (χ0v) is 18.2. The van der Waals surface area contributed by atoms with Crippen molar-refractivity contribution < 1.29 is 9.32 Å². The molecule has 2 aromatic heterocycles. The van der Waals surface area contributed by atoms with Crippen LogP contribution in [0, 0.1) is 17.6 Å². The van der Waals surface area contributed by atoms with Gasteiger partial charge >= 0.3 is 0 Å². The van der Waals surface area contributed by atoms with Crippen molar-refractivity contribution in [2.24, 2.45) is 5.92 Å². The molecule has 1 aliphatic rings. The highest BCUT2D eigenvalue weighted by Gasteiger charge is 2.31. The standard InChI is InChI=1S/C21H26N6O2S/c1-12(2)17(20-23-18(26-29-20)14-8-9-14)22-16(28)10-11-27-19(24-25-21(27)30)15-6-4-13(3)5-7-15/h4-7,12,14,17H,8-11H2,1-3H3,(H,22,28)(H,25,30). The molecule has 0 spiro atoms. The molecule has 0 bridgehead atoms. The highest BCUT2D eigenvalue weighted by Crippen LogP contribution is 2.38. The third-order valence-electron chi connectivity index (χ3n) is 5.28. The number of hydrogen-bond acceptors (Lipinski definition) is 6. The Morgan fingerprint density at radius 3 is 2.73 bits per heavy atom. The van der Waals surface area contributed by atoms with Gasteiger partial charge < -0.3 is 9.84 Å². The Morgan fingerprint density at radius 1 is 1.33 bits per heavy atom. The summed E-state index contributed by atoms with van der Waals surface area (Å²) in [6.45, 7) is 6.50. The van der Waals surface area contributed by atoms with Crippen molar-refractivity contribution in [3.63, 3.8) is 0 Å². The van der Waals surface area contributed by atoms with Crippen LogP contribution in [-0.2, 0) is 11.3 Å². The molecule has 4 rings (SSSR count). The quantitative estimate of drug-likeness (QED) is 0.526. The summed E-state index contributed by atoms with van der Waals surface area (Å²) in [7, 11) is 0. The number of carbonyl (C=O) groups excluding carboxylic acids is 1. The predicted molar refractivity (Wildman–Crippen MR) is 114 cm³/mol. The molecule has 2 N–H and O–H groups in total. The summed E-state index contributed by atoms with van der Waals surface area (Å²) in [5.41, 5.74) is 2.12. The van der Waals surface area contributed by atoms with E-state index < -0.39 is 0 Å². The van der Waals surface area contributed by atoms with E-state index in [4.69, 9.17) is 16.7 Å². The fourth-order valence-electron chi connectivity index (χ4n) is 3.30. The number of rotatable bonds is 8. The molecule has 158 valence electrons. The first kappa shape index (κ1) is 20.5. The second kappa shape index (κ2) is 8.51. The van der Waals surface area contributed by atoms with Crippen molar-refractivity contribution in [1.29, 1.82) is 0 Å². The molecule has 1 saturated carbocycles. The molecule has 0 saturated heterocycles. The van der Waals surface area contributed by atoms with Gasteiger partial charge in [-0.05, 0) is 37.9 Å².